The molecule has 0 aliphatic rings. The zero-order valence-corrected chi connectivity index (χ0v) is 11.5. The van der Waals surface area contributed by atoms with Crippen molar-refractivity contribution < 1.29 is 22.6 Å². The van der Waals surface area contributed by atoms with Crippen LogP contribution < -0.4 is 4.57 Å². The summed E-state index contributed by atoms with van der Waals surface area (Å²) in [6, 6.07) is 9.21. The van der Waals surface area contributed by atoms with Crippen LogP contribution in [0.15, 0.2) is 53.7 Å². The normalized spacial score (nSPS) is 10.5. The number of rotatable bonds is 1. The third-order valence-electron chi connectivity index (χ3n) is 2.23. The highest BCUT2D eigenvalue weighted by Crippen LogP contribution is 2.08. The second-order valence-corrected chi connectivity index (χ2v) is 5.37. The minimum absolute atomic E-state index is 0.178. The van der Waals surface area contributed by atoms with Gasteiger partial charge in [-0.3, -0.25) is 0 Å². The minimum Gasteiger partial charge on any atom is -0.744 e. The Labute approximate surface area is 112 Å². The van der Waals surface area contributed by atoms with Gasteiger partial charge >= 0.3 is 0 Å². The molecule has 102 valence electrons. The molecule has 2 rings (SSSR count). The van der Waals surface area contributed by atoms with Crippen molar-refractivity contribution in [1.29, 1.82) is 0 Å². The predicted molar refractivity (Wildman–Crippen MR) is 68.4 cm³/mol. The Morgan fingerprint density at radius 2 is 1.74 bits per heavy atom. The molecular formula is C13H15NO4S. The summed E-state index contributed by atoms with van der Waals surface area (Å²) in [6.07, 6.45) is 3.50. The monoisotopic (exact) mass is 281 g/mol. The van der Waals surface area contributed by atoms with Crippen LogP contribution in [0.4, 0.5) is 0 Å². The van der Waals surface area contributed by atoms with Crippen LogP contribution in [0.5, 0.6) is 5.75 Å². The molecule has 1 aromatic carbocycles. The van der Waals surface area contributed by atoms with E-state index < -0.39 is 10.1 Å². The van der Waals surface area contributed by atoms with Gasteiger partial charge in [-0.25, -0.2) is 13.0 Å². The number of pyridine rings is 1. The van der Waals surface area contributed by atoms with Crippen LogP contribution in [0, 0.1) is 6.92 Å². The van der Waals surface area contributed by atoms with Gasteiger partial charge in [-0.2, -0.15) is 0 Å². The van der Waals surface area contributed by atoms with Crippen LogP contribution in [-0.4, -0.2) is 18.1 Å². The van der Waals surface area contributed by atoms with Gasteiger partial charge in [0.2, 0.25) is 6.20 Å². The van der Waals surface area contributed by atoms with Gasteiger partial charge in [0.05, 0.1) is 4.90 Å². The van der Waals surface area contributed by atoms with Crippen LogP contribution in [0.1, 0.15) is 5.56 Å². The first-order valence-electron chi connectivity index (χ1n) is 5.46. The maximum absolute atomic E-state index is 10.4. The molecule has 0 spiro atoms. The molecular weight excluding hydrogens is 266 g/mol. The molecule has 0 aliphatic carbocycles. The molecule has 0 bridgehead atoms. The summed E-state index contributed by atoms with van der Waals surface area (Å²) < 4.78 is 33.0. The molecule has 1 heterocycles. The molecule has 19 heavy (non-hydrogen) atoms. The van der Waals surface area contributed by atoms with E-state index >= 15 is 0 Å². The number of benzene rings is 1. The fourth-order valence-electron chi connectivity index (χ4n) is 1.28. The van der Waals surface area contributed by atoms with E-state index in [1.165, 1.54) is 12.1 Å². The van der Waals surface area contributed by atoms with E-state index in [-0.39, 0.29) is 4.90 Å². The summed E-state index contributed by atoms with van der Waals surface area (Å²) in [6.45, 7) is 1.82. The molecule has 0 saturated heterocycles. The van der Waals surface area contributed by atoms with Crippen molar-refractivity contribution in [2.45, 2.75) is 11.8 Å². The molecule has 0 atom stereocenters. The van der Waals surface area contributed by atoms with Gasteiger partial charge in [0.1, 0.15) is 17.2 Å². The van der Waals surface area contributed by atoms with Crippen LogP contribution in [0.25, 0.3) is 0 Å². The first-order valence-corrected chi connectivity index (χ1v) is 6.86. The lowest BCUT2D eigenvalue weighted by atomic mass is 10.2. The van der Waals surface area contributed by atoms with Gasteiger partial charge < -0.3 is 9.66 Å². The largest absolute Gasteiger partial charge is 0.744 e. The number of nitrogens with zero attached hydrogens (tertiary/aromatic N) is 1. The molecule has 0 saturated carbocycles. The van der Waals surface area contributed by atoms with Gasteiger partial charge in [0.15, 0.2) is 11.9 Å². The van der Waals surface area contributed by atoms with Gasteiger partial charge in [-0.15, -0.1) is 0 Å². The molecule has 5 nitrogen and oxygen atoms in total. The average Bonchev–Trinajstić information content (AvgIpc) is 2.28. The molecule has 1 N–H and O–H groups in total. The first-order chi connectivity index (χ1) is 8.79. The second-order valence-electron chi connectivity index (χ2n) is 3.99. The van der Waals surface area contributed by atoms with Crippen LogP contribution in [-0.2, 0) is 17.2 Å². The van der Waals surface area contributed by atoms with E-state index in [4.69, 9.17) is 5.11 Å². The van der Waals surface area contributed by atoms with Crippen molar-refractivity contribution in [2.75, 3.05) is 0 Å². The number of aromatic hydroxyl groups is 1. The molecule has 0 aliphatic heterocycles. The van der Waals surface area contributed by atoms with Crippen molar-refractivity contribution >= 4 is 10.1 Å². The predicted octanol–water partition coefficient (Wildman–Crippen LogP) is 1.12. The number of aryl methyl sites for hydroxylation is 2. The zero-order chi connectivity index (χ0) is 14.5. The molecule has 1 aromatic heterocycles. The highest BCUT2D eigenvalue weighted by Gasteiger charge is 1.97. The summed E-state index contributed by atoms with van der Waals surface area (Å²) in [5.74, 6) is 0.301. The SMILES string of the molecule is C[n+]1cccc(O)c1.Cc1ccc(S(=O)(=O)[O-])cc1. The molecule has 6 heteroatoms. The highest BCUT2D eigenvalue weighted by atomic mass is 32.2. The van der Waals surface area contributed by atoms with Gasteiger partial charge in [0.25, 0.3) is 0 Å². The van der Waals surface area contributed by atoms with Crippen LogP contribution >= 0.6 is 0 Å². The van der Waals surface area contributed by atoms with Gasteiger partial charge in [0, 0.05) is 6.07 Å². The van der Waals surface area contributed by atoms with Crippen molar-refractivity contribution in [3.05, 3.63) is 54.4 Å². The Morgan fingerprint density at radius 3 is 2.11 bits per heavy atom. The minimum atomic E-state index is -4.27. The summed E-state index contributed by atoms with van der Waals surface area (Å²) in [5.41, 5.74) is 0.928. The topological polar surface area (TPSA) is 81.3 Å². The molecule has 2 aromatic rings. The quantitative estimate of drug-likeness (QED) is 0.627. The van der Waals surface area contributed by atoms with Crippen molar-refractivity contribution in [2.24, 2.45) is 7.05 Å². The molecule has 0 unspecified atom stereocenters. The zero-order valence-electron chi connectivity index (χ0n) is 10.6. The van der Waals surface area contributed by atoms with E-state index in [1.54, 1.807) is 35.0 Å². The molecule has 0 amide bonds. The summed E-state index contributed by atoms with van der Waals surface area (Å²) >= 11 is 0. The standard InChI is InChI=1S/C7H8O3S.C6H7NO/c1-6-2-4-7(5-3-6)11(8,9)10;1-7-4-2-3-6(8)5-7/h2-5H,1H3,(H,8,9,10);2-5H,1H3. The summed E-state index contributed by atoms with van der Waals surface area (Å²) in [7, 11) is -2.41. The Hall–Kier alpha value is -1.92. The maximum atomic E-state index is 10.4. The van der Waals surface area contributed by atoms with E-state index in [2.05, 4.69) is 0 Å². The van der Waals surface area contributed by atoms with Crippen molar-refractivity contribution in [1.82, 2.24) is 0 Å². The lowest BCUT2D eigenvalue weighted by molar-refractivity contribution is -0.671. The second kappa shape index (κ2) is 6.31. The van der Waals surface area contributed by atoms with Gasteiger partial charge in [-0.1, -0.05) is 17.7 Å². The Balaban J connectivity index is 0.000000200. The van der Waals surface area contributed by atoms with Crippen LogP contribution in [0.3, 0.4) is 0 Å². The summed E-state index contributed by atoms with van der Waals surface area (Å²) in [5, 5.41) is 8.79. The van der Waals surface area contributed by atoms with E-state index in [0.717, 1.165) is 5.56 Å². The number of aromatic nitrogens is 1. The van der Waals surface area contributed by atoms with Crippen molar-refractivity contribution in [3.8, 4) is 5.75 Å². The number of hydrogen-bond acceptors (Lipinski definition) is 4. The third-order valence-corrected chi connectivity index (χ3v) is 3.08. The van der Waals surface area contributed by atoms with E-state index in [0.29, 0.717) is 5.75 Å². The number of hydrogen-bond donors (Lipinski definition) is 1. The average molecular weight is 281 g/mol. The fraction of sp³-hybridized carbons (Fsp3) is 0.154. The lowest BCUT2D eigenvalue weighted by Crippen LogP contribution is -2.25. The highest BCUT2D eigenvalue weighted by molar-refractivity contribution is 7.85. The van der Waals surface area contributed by atoms with E-state index in [1.807, 2.05) is 20.2 Å². The smallest absolute Gasteiger partial charge is 0.210 e. The van der Waals surface area contributed by atoms with E-state index in [9.17, 15) is 13.0 Å². The molecule has 0 radical (unpaired) electrons. The van der Waals surface area contributed by atoms with Crippen molar-refractivity contribution in [3.63, 3.8) is 0 Å². The molecule has 0 fully saturated rings. The Morgan fingerprint density at radius 1 is 1.16 bits per heavy atom. The maximum Gasteiger partial charge on any atom is 0.210 e. The van der Waals surface area contributed by atoms with Gasteiger partial charge in [-0.05, 0) is 25.1 Å². The first kappa shape index (κ1) is 15.1. The fourth-order valence-corrected chi connectivity index (χ4v) is 1.75. The summed E-state index contributed by atoms with van der Waals surface area (Å²) in [4.78, 5) is -0.178. The third kappa shape index (κ3) is 5.50. The Bertz CT molecular complexity index is 619. The lowest BCUT2D eigenvalue weighted by Gasteiger charge is -2.05. The van der Waals surface area contributed by atoms with Crippen LogP contribution in [0.2, 0.25) is 0 Å². The Kier molecular flexibility index (Phi) is 5.02.